The summed E-state index contributed by atoms with van der Waals surface area (Å²) in [4.78, 5) is 43.9. The van der Waals surface area contributed by atoms with E-state index < -0.39 is 11.6 Å². The van der Waals surface area contributed by atoms with E-state index in [-0.39, 0.29) is 36.0 Å². The standard InChI is InChI=1S/C31H35N5O3.ClH/c1-31(2,32)29(38)33-26(20-21-12-14-23(15-13-21)22-8-4-3-5-9-22)28(37)35-18-16-24(17-19-35)36-27-11-7-6-10-25(27)34-30(36)39;/h3-15,24,26H,16-20,32H2,1-2H3,(H,33,38)(H,34,39);1H/t26-;/m1./s1. The van der Waals surface area contributed by atoms with Crippen LogP contribution in [0, 0.1) is 0 Å². The van der Waals surface area contributed by atoms with E-state index in [4.69, 9.17) is 5.73 Å². The predicted molar refractivity (Wildman–Crippen MR) is 160 cm³/mol. The zero-order chi connectivity index (χ0) is 27.6. The number of rotatable bonds is 7. The summed E-state index contributed by atoms with van der Waals surface area (Å²) < 4.78 is 1.81. The molecule has 2 heterocycles. The summed E-state index contributed by atoms with van der Waals surface area (Å²) in [5, 5.41) is 2.91. The van der Waals surface area contributed by atoms with E-state index in [2.05, 4.69) is 22.4 Å². The van der Waals surface area contributed by atoms with E-state index in [1.807, 2.05) is 71.3 Å². The lowest BCUT2D eigenvalue weighted by Crippen LogP contribution is -2.57. The lowest BCUT2D eigenvalue weighted by Gasteiger charge is -2.35. The Morgan fingerprint density at radius 1 is 0.950 bits per heavy atom. The third-order valence-electron chi connectivity index (χ3n) is 7.45. The molecule has 1 aromatic heterocycles. The van der Waals surface area contributed by atoms with Crippen molar-refractivity contribution < 1.29 is 9.59 Å². The van der Waals surface area contributed by atoms with Gasteiger partial charge in [0.15, 0.2) is 0 Å². The van der Waals surface area contributed by atoms with Gasteiger partial charge in [-0.1, -0.05) is 66.7 Å². The molecule has 2 amide bonds. The van der Waals surface area contributed by atoms with Crippen molar-refractivity contribution in [2.75, 3.05) is 13.1 Å². The average molecular weight is 562 g/mol. The van der Waals surface area contributed by atoms with E-state index in [0.29, 0.717) is 32.4 Å². The van der Waals surface area contributed by atoms with Crippen LogP contribution in [0.1, 0.15) is 38.3 Å². The van der Waals surface area contributed by atoms with Gasteiger partial charge in [-0.2, -0.15) is 0 Å². The Bertz CT molecular complexity index is 1510. The normalized spacial score (nSPS) is 14.9. The molecule has 0 spiro atoms. The molecule has 40 heavy (non-hydrogen) atoms. The molecule has 1 aliphatic rings. The number of imidazole rings is 1. The van der Waals surface area contributed by atoms with Crippen LogP contribution < -0.4 is 16.7 Å². The molecule has 5 rings (SSSR count). The zero-order valence-corrected chi connectivity index (χ0v) is 23.6. The van der Waals surface area contributed by atoms with E-state index in [0.717, 1.165) is 27.7 Å². The second-order valence-electron chi connectivity index (χ2n) is 10.9. The van der Waals surface area contributed by atoms with Gasteiger partial charge >= 0.3 is 5.69 Å². The summed E-state index contributed by atoms with van der Waals surface area (Å²) in [7, 11) is 0. The van der Waals surface area contributed by atoms with Gasteiger partial charge in [-0.3, -0.25) is 14.2 Å². The predicted octanol–water partition coefficient (Wildman–Crippen LogP) is 4.05. The second-order valence-corrected chi connectivity index (χ2v) is 10.9. The summed E-state index contributed by atoms with van der Waals surface area (Å²) in [6.45, 7) is 4.26. The van der Waals surface area contributed by atoms with Crippen molar-refractivity contribution in [3.05, 3.63) is 94.9 Å². The van der Waals surface area contributed by atoms with E-state index in [1.54, 1.807) is 18.7 Å². The van der Waals surface area contributed by atoms with Crippen molar-refractivity contribution in [1.29, 1.82) is 0 Å². The molecule has 0 bridgehead atoms. The number of H-pyrrole nitrogens is 1. The molecular weight excluding hydrogens is 526 g/mol. The van der Waals surface area contributed by atoms with Crippen LogP contribution in [-0.4, -0.2) is 50.9 Å². The highest BCUT2D eigenvalue weighted by molar-refractivity contribution is 5.91. The molecular formula is C31H36ClN5O3. The van der Waals surface area contributed by atoms with E-state index in [9.17, 15) is 14.4 Å². The fraction of sp³-hybridized carbons (Fsp3) is 0.323. The van der Waals surface area contributed by atoms with Crippen LogP contribution in [0.3, 0.4) is 0 Å². The molecule has 9 heteroatoms. The highest BCUT2D eigenvalue weighted by atomic mass is 35.5. The Morgan fingerprint density at radius 2 is 1.55 bits per heavy atom. The fourth-order valence-electron chi connectivity index (χ4n) is 5.25. The van der Waals surface area contributed by atoms with Crippen LogP contribution in [0.25, 0.3) is 22.2 Å². The number of carbonyl (C=O) groups is 2. The minimum Gasteiger partial charge on any atom is -0.342 e. The Hall–Kier alpha value is -3.88. The number of amides is 2. The topological polar surface area (TPSA) is 113 Å². The number of para-hydroxylation sites is 2. The summed E-state index contributed by atoms with van der Waals surface area (Å²) in [5.41, 5.74) is 9.64. The number of nitrogens with one attached hydrogen (secondary N) is 2. The molecule has 4 N–H and O–H groups in total. The van der Waals surface area contributed by atoms with Gasteiger partial charge in [0.05, 0.1) is 16.6 Å². The maximum atomic E-state index is 13.7. The van der Waals surface area contributed by atoms with Crippen LogP contribution in [0.2, 0.25) is 0 Å². The quantitative estimate of drug-likeness (QED) is 0.316. The lowest BCUT2D eigenvalue weighted by atomic mass is 9.97. The van der Waals surface area contributed by atoms with Gasteiger partial charge < -0.3 is 20.9 Å². The number of carbonyl (C=O) groups excluding carboxylic acids is 2. The number of halogens is 1. The van der Waals surface area contributed by atoms with Crippen molar-refractivity contribution in [2.45, 2.75) is 50.7 Å². The van der Waals surface area contributed by atoms with Crippen LogP contribution in [-0.2, 0) is 16.0 Å². The SMILES string of the molecule is CC(C)(N)C(=O)N[C@H](Cc1ccc(-c2ccccc2)cc1)C(=O)N1CCC(n2c(=O)[nH]c3ccccc32)CC1.Cl. The molecule has 1 saturated heterocycles. The molecule has 0 radical (unpaired) electrons. The maximum Gasteiger partial charge on any atom is 0.326 e. The van der Waals surface area contributed by atoms with Gasteiger partial charge in [-0.05, 0) is 55.5 Å². The molecule has 0 aliphatic carbocycles. The first-order valence-corrected chi connectivity index (χ1v) is 13.4. The van der Waals surface area contributed by atoms with Crippen LogP contribution in [0.4, 0.5) is 0 Å². The number of aromatic nitrogens is 2. The molecule has 210 valence electrons. The van der Waals surface area contributed by atoms with Crippen LogP contribution in [0.5, 0.6) is 0 Å². The molecule has 0 saturated carbocycles. The van der Waals surface area contributed by atoms with E-state index in [1.165, 1.54) is 0 Å². The fourth-order valence-corrected chi connectivity index (χ4v) is 5.25. The summed E-state index contributed by atoms with van der Waals surface area (Å²) >= 11 is 0. The summed E-state index contributed by atoms with van der Waals surface area (Å²) in [5.74, 6) is -0.508. The maximum absolute atomic E-state index is 13.7. The number of fused-ring (bicyclic) bond motifs is 1. The number of piperidine rings is 1. The van der Waals surface area contributed by atoms with E-state index >= 15 is 0 Å². The van der Waals surface area contributed by atoms with Crippen molar-refractivity contribution in [3.63, 3.8) is 0 Å². The number of hydrogen-bond donors (Lipinski definition) is 3. The molecule has 1 atom stereocenters. The number of nitrogens with two attached hydrogens (primary N) is 1. The highest BCUT2D eigenvalue weighted by Gasteiger charge is 2.33. The molecule has 8 nitrogen and oxygen atoms in total. The Labute approximate surface area is 240 Å². The smallest absolute Gasteiger partial charge is 0.326 e. The molecule has 0 unspecified atom stereocenters. The first kappa shape index (κ1) is 29.1. The van der Waals surface area contributed by atoms with Crippen LogP contribution in [0.15, 0.2) is 83.7 Å². The van der Waals surface area contributed by atoms with Gasteiger partial charge in [0.2, 0.25) is 11.8 Å². The number of aromatic amines is 1. The summed E-state index contributed by atoms with van der Waals surface area (Å²) in [6.07, 6.45) is 1.67. The summed E-state index contributed by atoms with van der Waals surface area (Å²) in [6, 6.07) is 25.1. The van der Waals surface area contributed by atoms with Gasteiger partial charge in [0.1, 0.15) is 6.04 Å². The second kappa shape index (κ2) is 12.1. The minimum atomic E-state index is -1.11. The Kier molecular flexibility index (Phi) is 8.81. The van der Waals surface area contributed by atoms with Crippen LogP contribution >= 0.6 is 12.4 Å². The first-order chi connectivity index (χ1) is 18.7. The van der Waals surface area contributed by atoms with Crippen molar-refractivity contribution in [3.8, 4) is 11.1 Å². The van der Waals surface area contributed by atoms with Gasteiger partial charge in [0.25, 0.3) is 0 Å². The number of likely N-dealkylation sites (tertiary alicyclic amines) is 1. The van der Waals surface area contributed by atoms with Crippen molar-refractivity contribution in [2.24, 2.45) is 5.73 Å². The zero-order valence-electron chi connectivity index (χ0n) is 22.8. The van der Waals surface area contributed by atoms with Gasteiger partial charge in [0, 0.05) is 25.6 Å². The third-order valence-corrected chi connectivity index (χ3v) is 7.45. The first-order valence-electron chi connectivity index (χ1n) is 13.4. The van der Waals surface area contributed by atoms with Crippen molar-refractivity contribution in [1.82, 2.24) is 19.8 Å². The largest absolute Gasteiger partial charge is 0.342 e. The minimum absolute atomic E-state index is 0. The monoisotopic (exact) mass is 561 g/mol. The van der Waals surface area contributed by atoms with Gasteiger partial charge in [-0.15, -0.1) is 12.4 Å². The highest BCUT2D eigenvalue weighted by Crippen LogP contribution is 2.26. The molecule has 4 aromatic rings. The van der Waals surface area contributed by atoms with Gasteiger partial charge in [-0.25, -0.2) is 4.79 Å². The average Bonchev–Trinajstić information content (AvgIpc) is 3.28. The Morgan fingerprint density at radius 3 is 2.20 bits per heavy atom. The third kappa shape index (κ3) is 6.29. The molecule has 3 aromatic carbocycles. The Balaban J connectivity index is 0.00000370. The molecule has 1 fully saturated rings. The lowest BCUT2D eigenvalue weighted by molar-refractivity contribution is -0.138. The number of benzene rings is 3. The number of hydrogen-bond acceptors (Lipinski definition) is 4. The van der Waals surface area contributed by atoms with Crippen molar-refractivity contribution >= 4 is 35.3 Å². The molecule has 1 aliphatic heterocycles. The number of nitrogens with zero attached hydrogens (tertiary/aromatic N) is 2.